The van der Waals surface area contributed by atoms with Gasteiger partial charge in [0.05, 0.1) is 26.5 Å². The van der Waals surface area contributed by atoms with E-state index in [1.54, 1.807) is 11.8 Å². The third kappa shape index (κ3) is 4.62. The monoisotopic (exact) mass is 388 g/mol. The van der Waals surface area contributed by atoms with Crippen molar-refractivity contribution >= 4 is 17.5 Å². The molecule has 9 heteroatoms. The molecule has 0 aliphatic carbocycles. The standard InChI is InChI=1S/C18H17FN4O3S/c1-25-14-6-3-12(4-7-14)10-23-18(20-21-22-23)27-11-16(24)13-5-8-17(26-2)15(19)9-13/h3-9H,10-11H2,1-2H3. The van der Waals surface area contributed by atoms with E-state index in [2.05, 4.69) is 15.5 Å². The second kappa shape index (κ2) is 8.63. The number of carbonyl (C=O) groups excluding carboxylic acids is 1. The van der Waals surface area contributed by atoms with Gasteiger partial charge in [-0.1, -0.05) is 23.9 Å². The lowest BCUT2D eigenvalue weighted by Crippen LogP contribution is -2.07. The largest absolute Gasteiger partial charge is 0.497 e. The maximum absolute atomic E-state index is 13.8. The van der Waals surface area contributed by atoms with E-state index in [1.165, 1.54) is 37.1 Å². The Morgan fingerprint density at radius 3 is 2.59 bits per heavy atom. The van der Waals surface area contributed by atoms with Crippen LogP contribution in [0, 0.1) is 5.82 Å². The fraction of sp³-hybridized carbons (Fsp3) is 0.222. The SMILES string of the molecule is COc1ccc(Cn2nnnc2SCC(=O)c2ccc(OC)c(F)c2)cc1. The lowest BCUT2D eigenvalue weighted by atomic mass is 10.1. The van der Waals surface area contributed by atoms with Crippen molar-refractivity contribution in [1.29, 1.82) is 0 Å². The Labute approximate surface area is 159 Å². The van der Waals surface area contributed by atoms with Crippen LogP contribution in [0.4, 0.5) is 4.39 Å². The van der Waals surface area contributed by atoms with E-state index in [-0.39, 0.29) is 22.8 Å². The highest BCUT2D eigenvalue weighted by Gasteiger charge is 2.14. The number of aromatic nitrogens is 4. The third-order valence-electron chi connectivity index (χ3n) is 3.80. The highest BCUT2D eigenvalue weighted by molar-refractivity contribution is 7.99. The van der Waals surface area contributed by atoms with Gasteiger partial charge in [0.1, 0.15) is 5.75 Å². The summed E-state index contributed by atoms with van der Waals surface area (Å²) in [6.45, 7) is 0.463. The average Bonchev–Trinajstić information content (AvgIpc) is 3.13. The molecule has 0 N–H and O–H groups in total. The van der Waals surface area contributed by atoms with Gasteiger partial charge >= 0.3 is 0 Å². The molecule has 0 unspecified atom stereocenters. The van der Waals surface area contributed by atoms with Gasteiger partial charge in [-0.2, -0.15) is 0 Å². The minimum absolute atomic E-state index is 0.0920. The number of carbonyl (C=O) groups is 1. The smallest absolute Gasteiger partial charge is 0.210 e. The van der Waals surface area contributed by atoms with Crippen molar-refractivity contribution in [2.45, 2.75) is 11.7 Å². The number of methoxy groups -OCH3 is 2. The van der Waals surface area contributed by atoms with Gasteiger partial charge in [0.25, 0.3) is 0 Å². The third-order valence-corrected chi connectivity index (χ3v) is 4.75. The van der Waals surface area contributed by atoms with Crippen molar-refractivity contribution in [3.8, 4) is 11.5 Å². The number of ketones is 1. The van der Waals surface area contributed by atoms with Crippen LogP contribution < -0.4 is 9.47 Å². The van der Waals surface area contributed by atoms with Crippen molar-refractivity contribution in [2.75, 3.05) is 20.0 Å². The van der Waals surface area contributed by atoms with Gasteiger partial charge < -0.3 is 9.47 Å². The Bertz CT molecular complexity index is 931. The molecule has 3 rings (SSSR count). The maximum Gasteiger partial charge on any atom is 0.210 e. The molecular weight excluding hydrogens is 371 g/mol. The van der Waals surface area contributed by atoms with Gasteiger partial charge in [0.15, 0.2) is 17.3 Å². The number of ether oxygens (including phenoxy) is 2. The lowest BCUT2D eigenvalue weighted by Gasteiger charge is -2.06. The van der Waals surface area contributed by atoms with Crippen LogP contribution in [0.15, 0.2) is 47.6 Å². The molecule has 0 saturated carbocycles. The molecular formula is C18H17FN4O3S. The quantitative estimate of drug-likeness (QED) is 0.434. The summed E-state index contributed by atoms with van der Waals surface area (Å²) in [5.41, 5.74) is 1.27. The van der Waals surface area contributed by atoms with Gasteiger partial charge in [0.2, 0.25) is 5.16 Å². The van der Waals surface area contributed by atoms with Gasteiger partial charge in [0, 0.05) is 5.56 Å². The molecule has 2 aromatic carbocycles. The Morgan fingerprint density at radius 2 is 1.93 bits per heavy atom. The van der Waals surface area contributed by atoms with E-state index < -0.39 is 5.82 Å². The first-order chi connectivity index (χ1) is 13.1. The van der Waals surface area contributed by atoms with Crippen LogP contribution in [0.25, 0.3) is 0 Å². The highest BCUT2D eigenvalue weighted by atomic mass is 32.2. The van der Waals surface area contributed by atoms with E-state index in [9.17, 15) is 9.18 Å². The van der Waals surface area contributed by atoms with E-state index in [0.717, 1.165) is 11.3 Å². The molecule has 3 aromatic rings. The van der Waals surface area contributed by atoms with E-state index in [4.69, 9.17) is 9.47 Å². The van der Waals surface area contributed by atoms with Crippen molar-refractivity contribution in [1.82, 2.24) is 20.2 Å². The summed E-state index contributed by atoms with van der Waals surface area (Å²) in [6, 6.07) is 11.7. The number of nitrogens with zero attached hydrogens (tertiary/aromatic N) is 4. The Kier molecular flexibility index (Phi) is 6.02. The minimum atomic E-state index is -0.572. The van der Waals surface area contributed by atoms with Gasteiger partial charge in [-0.15, -0.1) is 5.10 Å². The van der Waals surface area contributed by atoms with Crippen LogP contribution >= 0.6 is 11.8 Å². The fourth-order valence-electron chi connectivity index (χ4n) is 2.36. The molecule has 0 amide bonds. The number of halogens is 1. The summed E-state index contributed by atoms with van der Waals surface area (Å²) in [4.78, 5) is 12.3. The second-order valence-corrected chi connectivity index (χ2v) is 6.47. The van der Waals surface area contributed by atoms with Crippen LogP contribution in [-0.4, -0.2) is 46.0 Å². The van der Waals surface area contributed by atoms with Gasteiger partial charge in [-0.05, 0) is 46.3 Å². The van der Waals surface area contributed by atoms with Crippen molar-refractivity contribution < 1.29 is 18.7 Å². The minimum Gasteiger partial charge on any atom is -0.497 e. The van der Waals surface area contributed by atoms with Crippen LogP contribution in [0.5, 0.6) is 11.5 Å². The Balaban J connectivity index is 1.64. The summed E-state index contributed by atoms with van der Waals surface area (Å²) in [5.74, 6) is 0.164. The summed E-state index contributed by atoms with van der Waals surface area (Å²) in [6.07, 6.45) is 0. The van der Waals surface area contributed by atoms with Crippen molar-refractivity contribution in [3.05, 3.63) is 59.4 Å². The van der Waals surface area contributed by atoms with Gasteiger partial charge in [-0.3, -0.25) is 4.79 Å². The van der Waals surface area contributed by atoms with Gasteiger partial charge in [-0.25, -0.2) is 9.07 Å². The Hall–Kier alpha value is -2.94. The molecule has 0 fully saturated rings. The predicted molar refractivity (Wildman–Crippen MR) is 97.9 cm³/mol. The van der Waals surface area contributed by atoms with Crippen molar-refractivity contribution in [2.24, 2.45) is 0 Å². The number of tetrazole rings is 1. The normalized spacial score (nSPS) is 10.6. The molecule has 7 nitrogen and oxygen atoms in total. The van der Waals surface area contributed by atoms with E-state index >= 15 is 0 Å². The summed E-state index contributed by atoms with van der Waals surface area (Å²) in [7, 11) is 2.98. The summed E-state index contributed by atoms with van der Waals surface area (Å²) in [5, 5.41) is 12.1. The van der Waals surface area contributed by atoms with E-state index in [0.29, 0.717) is 11.7 Å². The molecule has 0 atom stereocenters. The molecule has 0 saturated heterocycles. The molecule has 0 aliphatic rings. The molecule has 0 bridgehead atoms. The zero-order valence-electron chi connectivity index (χ0n) is 14.8. The Morgan fingerprint density at radius 1 is 1.15 bits per heavy atom. The molecule has 27 heavy (non-hydrogen) atoms. The topological polar surface area (TPSA) is 79.1 Å². The first kappa shape index (κ1) is 18.8. The van der Waals surface area contributed by atoms with Crippen LogP contribution in [0.3, 0.4) is 0 Å². The average molecular weight is 388 g/mol. The molecule has 0 radical (unpaired) electrons. The van der Waals surface area contributed by atoms with Crippen LogP contribution in [0.2, 0.25) is 0 Å². The number of hydrogen-bond donors (Lipinski definition) is 0. The number of benzene rings is 2. The first-order valence-electron chi connectivity index (χ1n) is 7.99. The number of Topliss-reactive ketones (excluding diaryl/α,β-unsaturated/α-hetero) is 1. The zero-order valence-corrected chi connectivity index (χ0v) is 15.6. The molecule has 1 aromatic heterocycles. The zero-order chi connectivity index (χ0) is 19.2. The molecule has 140 valence electrons. The maximum atomic E-state index is 13.8. The van der Waals surface area contributed by atoms with E-state index in [1.807, 2.05) is 24.3 Å². The predicted octanol–water partition coefficient (Wildman–Crippen LogP) is 2.85. The fourth-order valence-corrected chi connectivity index (χ4v) is 3.13. The molecule has 0 aliphatic heterocycles. The summed E-state index contributed by atoms with van der Waals surface area (Å²) < 4.78 is 25.4. The van der Waals surface area contributed by atoms with Crippen LogP contribution in [-0.2, 0) is 6.54 Å². The number of thioether (sulfide) groups is 1. The molecule has 1 heterocycles. The van der Waals surface area contributed by atoms with Crippen molar-refractivity contribution in [3.63, 3.8) is 0 Å². The second-order valence-electron chi connectivity index (χ2n) is 5.53. The molecule has 0 spiro atoms. The first-order valence-corrected chi connectivity index (χ1v) is 8.98. The number of hydrogen-bond acceptors (Lipinski definition) is 7. The summed E-state index contributed by atoms with van der Waals surface area (Å²) >= 11 is 1.20. The lowest BCUT2D eigenvalue weighted by molar-refractivity contribution is 0.102. The highest BCUT2D eigenvalue weighted by Crippen LogP contribution is 2.21. The number of rotatable bonds is 8. The van der Waals surface area contributed by atoms with Crippen LogP contribution in [0.1, 0.15) is 15.9 Å².